The Hall–Kier alpha value is -3.12. The molecule has 1 N–H and O–H groups in total. The number of imidazole rings is 1. The quantitative estimate of drug-likeness (QED) is 0.557. The van der Waals surface area contributed by atoms with Gasteiger partial charge in [0.1, 0.15) is 0 Å². The lowest BCUT2D eigenvalue weighted by molar-refractivity contribution is -0.116. The van der Waals surface area contributed by atoms with E-state index in [0.717, 1.165) is 38.9 Å². The second kappa shape index (κ2) is 8.09. The number of para-hydroxylation sites is 1. The first-order valence-electron chi connectivity index (χ1n) is 9.24. The maximum Gasteiger partial charge on any atom is 0.328 e. The summed E-state index contributed by atoms with van der Waals surface area (Å²) in [5.41, 5.74) is 5.18. The Morgan fingerprint density at radius 1 is 1.03 bits per heavy atom. The lowest BCUT2D eigenvalue weighted by atomic mass is 10.1. The minimum Gasteiger partial charge on any atom is -0.324 e. The van der Waals surface area contributed by atoms with Gasteiger partial charge in [0.05, 0.1) is 22.2 Å². The van der Waals surface area contributed by atoms with Gasteiger partial charge in [-0.2, -0.15) is 0 Å². The fraction of sp³-hybridized carbons (Fsp3) is 0.227. The Morgan fingerprint density at radius 3 is 2.59 bits per heavy atom. The zero-order valence-electron chi connectivity index (χ0n) is 16.6. The molecule has 0 spiro atoms. The van der Waals surface area contributed by atoms with E-state index in [1.807, 2.05) is 55.5 Å². The average Bonchev–Trinajstić information content (AvgIpc) is 2.91. The summed E-state index contributed by atoms with van der Waals surface area (Å²) in [6.07, 6.45) is 0.955. The van der Waals surface area contributed by atoms with Crippen molar-refractivity contribution < 1.29 is 4.79 Å². The Balaban J connectivity index is 0.00000240. The molecule has 2 aromatic heterocycles. The monoisotopic (exact) mass is 410 g/mol. The van der Waals surface area contributed by atoms with Crippen LogP contribution >= 0.6 is 12.4 Å². The van der Waals surface area contributed by atoms with Crippen molar-refractivity contribution in [3.63, 3.8) is 0 Å². The van der Waals surface area contributed by atoms with Gasteiger partial charge in [-0.1, -0.05) is 24.3 Å². The highest BCUT2D eigenvalue weighted by molar-refractivity contribution is 6.00. The van der Waals surface area contributed by atoms with E-state index in [9.17, 15) is 9.59 Å². The van der Waals surface area contributed by atoms with Crippen molar-refractivity contribution in [1.29, 1.82) is 0 Å². The highest BCUT2D eigenvalue weighted by Crippen LogP contribution is 2.22. The summed E-state index contributed by atoms with van der Waals surface area (Å²) in [5, 5.41) is 3.98. The minimum atomic E-state index is -0.0575. The van der Waals surface area contributed by atoms with Crippen molar-refractivity contribution in [2.24, 2.45) is 14.1 Å². The summed E-state index contributed by atoms with van der Waals surface area (Å²) >= 11 is 0. The molecule has 0 saturated heterocycles. The lowest BCUT2D eigenvalue weighted by Gasteiger charge is -2.09. The van der Waals surface area contributed by atoms with Crippen LogP contribution in [0.2, 0.25) is 0 Å². The highest BCUT2D eigenvalue weighted by Gasteiger charge is 2.10. The lowest BCUT2D eigenvalue weighted by Crippen LogP contribution is -2.19. The number of benzene rings is 2. The number of amides is 1. The Bertz CT molecular complexity index is 1270. The number of aromatic nitrogens is 3. The van der Waals surface area contributed by atoms with Gasteiger partial charge in [-0.3, -0.25) is 18.9 Å². The summed E-state index contributed by atoms with van der Waals surface area (Å²) in [6.45, 7) is 1.94. The highest BCUT2D eigenvalue weighted by atomic mass is 35.5. The number of pyridine rings is 1. The zero-order valence-corrected chi connectivity index (χ0v) is 17.4. The van der Waals surface area contributed by atoms with Crippen LogP contribution < -0.4 is 11.0 Å². The van der Waals surface area contributed by atoms with Crippen molar-refractivity contribution in [1.82, 2.24) is 14.1 Å². The van der Waals surface area contributed by atoms with Crippen LogP contribution in [0.1, 0.15) is 17.7 Å². The second-order valence-corrected chi connectivity index (χ2v) is 7.10. The van der Waals surface area contributed by atoms with Gasteiger partial charge < -0.3 is 5.32 Å². The predicted octanol–water partition coefficient (Wildman–Crippen LogP) is 3.73. The molecule has 29 heavy (non-hydrogen) atoms. The van der Waals surface area contributed by atoms with Crippen LogP contribution in [0.4, 0.5) is 5.69 Å². The predicted molar refractivity (Wildman–Crippen MR) is 119 cm³/mol. The van der Waals surface area contributed by atoms with Crippen molar-refractivity contribution >= 4 is 45.9 Å². The Kier molecular flexibility index (Phi) is 5.75. The number of carbonyl (C=O) groups is 1. The van der Waals surface area contributed by atoms with Gasteiger partial charge >= 0.3 is 5.69 Å². The van der Waals surface area contributed by atoms with Crippen LogP contribution in [0.3, 0.4) is 0 Å². The van der Waals surface area contributed by atoms with Gasteiger partial charge in [0, 0.05) is 31.6 Å². The molecular formula is C22H23ClN4O2. The molecule has 0 aliphatic heterocycles. The van der Waals surface area contributed by atoms with E-state index >= 15 is 0 Å². The van der Waals surface area contributed by atoms with E-state index in [-0.39, 0.29) is 24.0 Å². The van der Waals surface area contributed by atoms with Crippen LogP contribution in [0.25, 0.3) is 21.9 Å². The first-order valence-corrected chi connectivity index (χ1v) is 9.24. The number of rotatable bonds is 4. The van der Waals surface area contributed by atoms with Gasteiger partial charge in [-0.25, -0.2) is 4.79 Å². The van der Waals surface area contributed by atoms with E-state index in [2.05, 4.69) is 10.3 Å². The normalized spacial score (nSPS) is 10.9. The molecule has 2 heterocycles. The van der Waals surface area contributed by atoms with E-state index in [0.29, 0.717) is 12.8 Å². The maximum absolute atomic E-state index is 12.5. The minimum absolute atomic E-state index is 0. The standard InChI is InChI=1S/C22H22N4O2.ClH/c1-14-7-10-16-5-4-6-17(21(16)23-14)24-20(27)12-9-15-8-11-18-19(13-15)26(3)22(28)25(18)2;/h4-8,10-11,13H,9,12H2,1-3H3,(H,24,27);1H. The molecule has 4 rings (SSSR count). The maximum atomic E-state index is 12.5. The molecule has 0 bridgehead atoms. The first-order chi connectivity index (χ1) is 13.4. The van der Waals surface area contributed by atoms with Gasteiger partial charge in [-0.15, -0.1) is 12.4 Å². The summed E-state index contributed by atoms with van der Waals surface area (Å²) in [4.78, 5) is 29.1. The summed E-state index contributed by atoms with van der Waals surface area (Å²) in [6, 6.07) is 15.6. The summed E-state index contributed by atoms with van der Waals surface area (Å²) in [7, 11) is 3.52. The molecule has 1 amide bonds. The van der Waals surface area contributed by atoms with E-state index < -0.39 is 0 Å². The molecule has 0 radical (unpaired) electrons. The fourth-order valence-electron chi connectivity index (χ4n) is 3.52. The van der Waals surface area contributed by atoms with Crippen LogP contribution in [-0.2, 0) is 25.3 Å². The molecule has 7 heteroatoms. The molecule has 0 saturated carbocycles. The summed E-state index contributed by atoms with van der Waals surface area (Å²) in [5.74, 6) is -0.0575. The Labute approximate surface area is 174 Å². The number of hydrogen-bond acceptors (Lipinski definition) is 3. The topological polar surface area (TPSA) is 68.9 Å². The molecule has 4 aromatic rings. The van der Waals surface area contributed by atoms with Gasteiger partial charge in [0.25, 0.3) is 0 Å². The number of aryl methyl sites for hydroxylation is 4. The average molecular weight is 411 g/mol. The molecule has 0 atom stereocenters. The molecular weight excluding hydrogens is 388 g/mol. The third kappa shape index (κ3) is 3.89. The van der Waals surface area contributed by atoms with Crippen molar-refractivity contribution in [3.05, 3.63) is 70.3 Å². The van der Waals surface area contributed by atoms with Crippen LogP contribution in [0.5, 0.6) is 0 Å². The van der Waals surface area contributed by atoms with E-state index in [1.165, 1.54) is 0 Å². The van der Waals surface area contributed by atoms with Crippen LogP contribution in [-0.4, -0.2) is 20.0 Å². The van der Waals surface area contributed by atoms with Gasteiger partial charge in [0.15, 0.2) is 0 Å². The molecule has 150 valence electrons. The van der Waals surface area contributed by atoms with Crippen molar-refractivity contribution in [2.75, 3.05) is 5.32 Å². The number of hydrogen-bond donors (Lipinski definition) is 1. The molecule has 0 fully saturated rings. The SMILES string of the molecule is Cc1ccc2cccc(NC(=O)CCc3ccc4c(c3)n(C)c(=O)n4C)c2n1.Cl. The number of halogens is 1. The fourth-order valence-corrected chi connectivity index (χ4v) is 3.52. The van der Waals surface area contributed by atoms with Gasteiger partial charge in [0.2, 0.25) is 5.91 Å². The van der Waals surface area contributed by atoms with Crippen molar-refractivity contribution in [2.45, 2.75) is 19.8 Å². The third-order valence-corrected chi connectivity index (χ3v) is 5.11. The van der Waals surface area contributed by atoms with Crippen LogP contribution in [0.15, 0.2) is 53.3 Å². The molecule has 0 unspecified atom stereocenters. The molecule has 0 aliphatic carbocycles. The number of nitrogens with zero attached hydrogens (tertiary/aromatic N) is 3. The number of anilines is 1. The third-order valence-electron chi connectivity index (χ3n) is 5.11. The number of carbonyl (C=O) groups excluding carboxylic acids is 1. The molecule has 6 nitrogen and oxygen atoms in total. The van der Waals surface area contributed by atoms with E-state index in [4.69, 9.17) is 0 Å². The zero-order chi connectivity index (χ0) is 19.8. The molecule has 2 aromatic carbocycles. The summed E-state index contributed by atoms with van der Waals surface area (Å²) < 4.78 is 3.25. The number of nitrogens with one attached hydrogen (secondary N) is 1. The largest absolute Gasteiger partial charge is 0.328 e. The number of fused-ring (bicyclic) bond motifs is 2. The Morgan fingerprint density at radius 2 is 1.79 bits per heavy atom. The van der Waals surface area contributed by atoms with Crippen molar-refractivity contribution in [3.8, 4) is 0 Å². The second-order valence-electron chi connectivity index (χ2n) is 7.10. The smallest absolute Gasteiger partial charge is 0.324 e. The molecule has 0 aliphatic rings. The van der Waals surface area contributed by atoms with Crippen LogP contribution in [0, 0.1) is 6.92 Å². The van der Waals surface area contributed by atoms with Gasteiger partial charge in [-0.05, 0) is 43.2 Å². The van der Waals surface area contributed by atoms with E-state index in [1.54, 1.807) is 23.2 Å². The first kappa shape index (κ1) is 20.6.